The molecule has 2 atom stereocenters. The summed E-state index contributed by atoms with van der Waals surface area (Å²) in [5.74, 6) is -3.76. The van der Waals surface area contributed by atoms with Gasteiger partial charge in [-0.3, -0.25) is 24.0 Å². The lowest BCUT2D eigenvalue weighted by Crippen LogP contribution is -2.53. The van der Waals surface area contributed by atoms with E-state index in [9.17, 15) is 24.0 Å². The van der Waals surface area contributed by atoms with Gasteiger partial charge in [0.2, 0.25) is 5.91 Å². The third kappa shape index (κ3) is 9.62. The molecule has 0 radical (unpaired) electrons. The van der Waals surface area contributed by atoms with Gasteiger partial charge < -0.3 is 20.7 Å². The lowest BCUT2D eigenvalue weighted by molar-refractivity contribution is -0.156. The van der Waals surface area contributed by atoms with Crippen LogP contribution in [0.25, 0.3) is 0 Å². The van der Waals surface area contributed by atoms with Crippen molar-refractivity contribution >= 4 is 51.1 Å². The second-order valence-electron chi connectivity index (χ2n) is 9.90. The van der Waals surface area contributed by atoms with Gasteiger partial charge >= 0.3 is 17.8 Å². The Morgan fingerprint density at radius 3 is 2.06 bits per heavy atom. The maximum Gasteiger partial charge on any atom is 0.313 e. The number of esters is 1. The third-order valence-electron chi connectivity index (χ3n) is 4.56. The van der Waals surface area contributed by atoms with Crippen LogP contribution in [0.1, 0.15) is 60.5 Å². The highest BCUT2D eigenvalue weighted by molar-refractivity contribution is 9.09. The van der Waals surface area contributed by atoms with Crippen LogP contribution in [0.4, 0.5) is 5.69 Å². The first-order chi connectivity index (χ1) is 15.5. The number of carbonyl (C=O) groups is 5. The van der Waals surface area contributed by atoms with Crippen LogP contribution in [0.15, 0.2) is 24.3 Å². The van der Waals surface area contributed by atoms with Crippen molar-refractivity contribution in [2.75, 3.05) is 10.6 Å². The van der Waals surface area contributed by atoms with Gasteiger partial charge in [-0.1, -0.05) is 54.9 Å². The number of hydrogen-bond acceptors (Lipinski definition) is 6. The van der Waals surface area contributed by atoms with Crippen molar-refractivity contribution in [3.63, 3.8) is 0 Å². The molecule has 1 aromatic carbocycles. The lowest BCUT2D eigenvalue weighted by atomic mass is 9.86. The maximum absolute atomic E-state index is 12.6. The molecule has 0 aromatic heterocycles. The van der Waals surface area contributed by atoms with Gasteiger partial charge in [-0.25, -0.2) is 0 Å². The molecular weight excluding hydrogens is 506 g/mol. The Balaban J connectivity index is 2.80. The van der Waals surface area contributed by atoms with Crippen molar-refractivity contribution in [2.24, 2.45) is 0 Å². The van der Waals surface area contributed by atoms with Crippen LogP contribution in [-0.2, 0) is 34.1 Å². The number of nitrogens with one attached hydrogen (secondary N) is 3. The molecule has 34 heavy (non-hydrogen) atoms. The largest absolute Gasteiger partial charge is 0.460 e. The Labute approximate surface area is 208 Å². The number of benzene rings is 1. The molecule has 0 aliphatic rings. The zero-order valence-electron chi connectivity index (χ0n) is 20.7. The average Bonchev–Trinajstić information content (AvgIpc) is 2.70. The first-order valence-corrected chi connectivity index (χ1v) is 12.0. The molecule has 10 heteroatoms. The van der Waals surface area contributed by atoms with Crippen molar-refractivity contribution < 1.29 is 28.7 Å². The zero-order valence-corrected chi connectivity index (χ0v) is 22.3. The summed E-state index contributed by atoms with van der Waals surface area (Å²) in [6.07, 6.45) is -0.363. The Hall–Kier alpha value is -2.75. The fraction of sp³-hybridized carbons (Fsp3) is 0.542. The van der Waals surface area contributed by atoms with Gasteiger partial charge in [0.15, 0.2) is 5.78 Å². The SMILES string of the molecule is C[C@H](NC(=O)C(=O)Nc1ccccc1C(C)(C)C)C(=O)N[C@@H](CC(=O)OC(C)(C)C)C(=O)CBr. The second-order valence-corrected chi connectivity index (χ2v) is 10.5. The summed E-state index contributed by atoms with van der Waals surface area (Å²) in [7, 11) is 0. The van der Waals surface area contributed by atoms with Crippen molar-refractivity contribution in [3.8, 4) is 0 Å². The van der Waals surface area contributed by atoms with Gasteiger partial charge in [-0.05, 0) is 44.7 Å². The molecule has 0 aliphatic heterocycles. The van der Waals surface area contributed by atoms with E-state index in [0.29, 0.717) is 5.69 Å². The molecule has 3 amide bonds. The van der Waals surface area contributed by atoms with E-state index in [2.05, 4.69) is 31.9 Å². The summed E-state index contributed by atoms with van der Waals surface area (Å²) in [4.78, 5) is 61.7. The molecule has 9 nitrogen and oxygen atoms in total. The number of carbonyl (C=O) groups excluding carboxylic acids is 5. The number of ketones is 1. The molecular formula is C24H34BrN3O6. The van der Waals surface area contributed by atoms with Crippen LogP contribution < -0.4 is 16.0 Å². The predicted molar refractivity (Wildman–Crippen MR) is 133 cm³/mol. The number of ether oxygens (including phenoxy) is 1. The van der Waals surface area contributed by atoms with Crippen molar-refractivity contribution in [1.82, 2.24) is 10.6 Å². The lowest BCUT2D eigenvalue weighted by Gasteiger charge is -2.24. The quantitative estimate of drug-likeness (QED) is 0.264. The third-order valence-corrected chi connectivity index (χ3v) is 5.11. The highest BCUT2D eigenvalue weighted by Gasteiger charge is 2.29. The number of alkyl halides is 1. The topological polar surface area (TPSA) is 131 Å². The van der Waals surface area contributed by atoms with E-state index in [1.807, 2.05) is 32.9 Å². The summed E-state index contributed by atoms with van der Waals surface area (Å²) < 4.78 is 5.21. The van der Waals surface area contributed by atoms with E-state index in [0.717, 1.165) is 5.56 Å². The van der Waals surface area contributed by atoms with E-state index >= 15 is 0 Å². The van der Waals surface area contributed by atoms with E-state index in [1.165, 1.54) is 6.92 Å². The molecule has 1 rings (SSSR count). The van der Waals surface area contributed by atoms with Crippen LogP contribution >= 0.6 is 15.9 Å². The Morgan fingerprint density at radius 2 is 1.53 bits per heavy atom. The Morgan fingerprint density at radius 1 is 0.941 bits per heavy atom. The molecule has 3 N–H and O–H groups in total. The van der Waals surface area contributed by atoms with Crippen molar-refractivity contribution in [2.45, 2.75) is 78.0 Å². The summed E-state index contributed by atoms with van der Waals surface area (Å²) in [5.41, 5.74) is 0.329. The standard InChI is InChI=1S/C24H34BrN3O6/c1-14(20(31)28-17(18(29)13-25)12-19(30)34-24(5,6)7)26-21(32)22(33)27-16-11-9-8-10-15(16)23(2,3)4/h8-11,14,17H,12-13H2,1-7H3,(H,26,32)(H,27,33)(H,28,31)/t14-,17-/m0/s1. The molecule has 0 fully saturated rings. The minimum Gasteiger partial charge on any atom is -0.460 e. The van der Waals surface area contributed by atoms with Crippen LogP contribution in [0.5, 0.6) is 0 Å². The molecule has 0 spiro atoms. The van der Waals surface area contributed by atoms with Gasteiger partial charge in [-0.15, -0.1) is 0 Å². The fourth-order valence-corrected chi connectivity index (χ4v) is 3.33. The summed E-state index contributed by atoms with van der Waals surface area (Å²) in [6.45, 7) is 12.4. The first kappa shape index (κ1) is 29.3. The maximum atomic E-state index is 12.6. The minimum absolute atomic E-state index is 0.0862. The van der Waals surface area contributed by atoms with Crippen LogP contribution in [0.2, 0.25) is 0 Å². The highest BCUT2D eigenvalue weighted by atomic mass is 79.9. The van der Waals surface area contributed by atoms with E-state index in [1.54, 1.807) is 32.9 Å². The van der Waals surface area contributed by atoms with E-state index in [4.69, 9.17) is 4.74 Å². The van der Waals surface area contributed by atoms with Crippen molar-refractivity contribution in [1.29, 1.82) is 0 Å². The summed E-state index contributed by atoms with van der Waals surface area (Å²) >= 11 is 3.03. The molecule has 0 heterocycles. The zero-order chi connectivity index (χ0) is 26.3. The number of rotatable bonds is 8. The summed E-state index contributed by atoms with van der Waals surface area (Å²) in [6, 6.07) is 4.84. The molecule has 188 valence electrons. The van der Waals surface area contributed by atoms with Crippen molar-refractivity contribution in [3.05, 3.63) is 29.8 Å². The molecule has 0 saturated carbocycles. The Bertz CT molecular complexity index is 933. The number of hydrogen-bond donors (Lipinski definition) is 3. The van der Waals surface area contributed by atoms with Gasteiger partial charge in [0, 0.05) is 5.69 Å². The van der Waals surface area contributed by atoms with Crippen LogP contribution in [0, 0.1) is 0 Å². The first-order valence-electron chi connectivity index (χ1n) is 10.9. The van der Waals surface area contributed by atoms with Gasteiger partial charge in [0.25, 0.3) is 0 Å². The number of anilines is 1. The minimum atomic E-state index is -1.14. The molecule has 0 saturated heterocycles. The number of Topliss-reactive ketones (excluding diaryl/α,β-unsaturated/α-hetero) is 1. The molecule has 0 aliphatic carbocycles. The fourth-order valence-electron chi connectivity index (χ4n) is 2.94. The average molecular weight is 540 g/mol. The summed E-state index contributed by atoms with van der Waals surface area (Å²) in [5, 5.41) is 7.24. The van der Waals surface area contributed by atoms with E-state index < -0.39 is 47.2 Å². The van der Waals surface area contributed by atoms with Crippen LogP contribution in [-0.4, -0.2) is 52.5 Å². The Kier molecular flexibility index (Phi) is 10.4. The normalized spacial score (nSPS) is 13.3. The van der Waals surface area contributed by atoms with E-state index in [-0.39, 0.29) is 17.2 Å². The van der Waals surface area contributed by atoms with Gasteiger partial charge in [0.1, 0.15) is 11.6 Å². The number of halogens is 1. The monoisotopic (exact) mass is 539 g/mol. The molecule has 0 bridgehead atoms. The number of amides is 3. The molecule has 0 unspecified atom stereocenters. The number of para-hydroxylation sites is 1. The predicted octanol–water partition coefficient (Wildman–Crippen LogP) is 2.61. The smallest absolute Gasteiger partial charge is 0.313 e. The van der Waals surface area contributed by atoms with Gasteiger partial charge in [0.05, 0.1) is 17.8 Å². The molecule has 1 aromatic rings. The second kappa shape index (κ2) is 12.1. The van der Waals surface area contributed by atoms with Gasteiger partial charge in [-0.2, -0.15) is 0 Å². The van der Waals surface area contributed by atoms with Crippen LogP contribution in [0.3, 0.4) is 0 Å². The highest BCUT2D eigenvalue weighted by Crippen LogP contribution is 2.29.